The van der Waals surface area contributed by atoms with Crippen molar-refractivity contribution in [1.29, 1.82) is 0 Å². The summed E-state index contributed by atoms with van der Waals surface area (Å²) in [7, 11) is 5.96. The summed E-state index contributed by atoms with van der Waals surface area (Å²) >= 11 is 0. The fraction of sp³-hybridized carbons (Fsp3) is 0.645. The van der Waals surface area contributed by atoms with Crippen LogP contribution >= 0.6 is 0 Å². The highest BCUT2D eigenvalue weighted by molar-refractivity contribution is 5.71. The van der Waals surface area contributed by atoms with Crippen molar-refractivity contribution in [3.05, 3.63) is 146 Å². The molecule has 0 heterocycles. The van der Waals surface area contributed by atoms with Crippen molar-refractivity contribution in [2.24, 2.45) is 0 Å². The summed E-state index contributed by atoms with van der Waals surface area (Å²) in [5.41, 5.74) is 0. The van der Waals surface area contributed by atoms with Gasteiger partial charge in [-0.25, -0.2) is 4.79 Å². The lowest BCUT2D eigenvalue weighted by molar-refractivity contribution is -0.870. The zero-order valence-corrected chi connectivity index (χ0v) is 55.0. The molecule has 85 heavy (non-hydrogen) atoms. The first-order valence-electron chi connectivity index (χ1n) is 34.0. The normalized spacial score (nSPS) is 13.7. The molecule has 0 saturated heterocycles. The van der Waals surface area contributed by atoms with Crippen molar-refractivity contribution >= 4 is 17.9 Å². The summed E-state index contributed by atoms with van der Waals surface area (Å²) in [5, 5.41) is 9.74. The number of quaternary nitrogens is 1. The molecule has 0 aliphatic heterocycles. The van der Waals surface area contributed by atoms with E-state index in [-0.39, 0.29) is 38.6 Å². The minimum absolute atomic E-state index is 0.178. The summed E-state index contributed by atoms with van der Waals surface area (Å²) in [5.74, 6) is -2.03. The van der Waals surface area contributed by atoms with E-state index in [0.717, 1.165) is 128 Å². The maximum absolute atomic E-state index is 12.9. The molecule has 0 radical (unpaired) electrons. The number of unbranched alkanes of at least 4 members (excludes halogenated alkanes) is 22. The molecule has 9 heteroatoms. The Bertz CT molecular complexity index is 1900. The average Bonchev–Trinajstić information content (AvgIpc) is 3.48. The number of carboxylic acid groups (broad SMARTS) is 1. The zero-order chi connectivity index (χ0) is 61.9. The van der Waals surface area contributed by atoms with Crippen LogP contribution in [-0.4, -0.2) is 87.4 Å². The molecule has 482 valence electrons. The van der Waals surface area contributed by atoms with Gasteiger partial charge < -0.3 is 28.5 Å². The van der Waals surface area contributed by atoms with E-state index in [2.05, 4.69) is 160 Å². The van der Waals surface area contributed by atoms with Crippen molar-refractivity contribution < 1.29 is 42.9 Å². The fourth-order valence-electron chi connectivity index (χ4n) is 8.90. The summed E-state index contributed by atoms with van der Waals surface area (Å²) in [6.07, 6.45) is 92.2. The molecule has 0 aromatic rings. The van der Waals surface area contributed by atoms with Gasteiger partial charge in [-0.1, -0.05) is 269 Å². The number of allylic oxidation sites excluding steroid dienone is 24. The van der Waals surface area contributed by atoms with Crippen LogP contribution in [0.3, 0.4) is 0 Å². The molecular weight excluding hydrogens is 1050 g/mol. The fourth-order valence-corrected chi connectivity index (χ4v) is 8.90. The monoisotopic (exact) mass is 1180 g/mol. The van der Waals surface area contributed by atoms with Crippen LogP contribution in [0.1, 0.15) is 258 Å². The molecule has 0 aliphatic rings. The van der Waals surface area contributed by atoms with Gasteiger partial charge in [-0.2, -0.15) is 0 Å². The van der Waals surface area contributed by atoms with Crippen molar-refractivity contribution in [2.75, 3.05) is 47.5 Å². The van der Waals surface area contributed by atoms with Crippen LogP contribution in [0.4, 0.5) is 0 Å². The van der Waals surface area contributed by atoms with Crippen LogP contribution in [0.15, 0.2) is 146 Å². The van der Waals surface area contributed by atoms with Crippen LogP contribution in [-0.2, 0) is 33.3 Å². The zero-order valence-electron chi connectivity index (χ0n) is 55.0. The van der Waals surface area contributed by atoms with Crippen LogP contribution in [0.2, 0.25) is 0 Å². The molecular formula is C76H126NO8+. The van der Waals surface area contributed by atoms with E-state index in [1.807, 2.05) is 21.1 Å². The summed E-state index contributed by atoms with van der Waals surface area (Å²) < 4.78 is 22.9. The van der Waals surface area contributed by atoms with E-state index in [4.69, 9.17) is 18.9 Å². The second kappa shape index (κ2) is 65.2. The number of esters is 2. The molecule has 1 N–H and O–H groups in total. The number of carboxylic acids is 1. The van der Waals surface area contributed by atoms with E-state index in [1.54, 1.807) is 0 Å². The SMILES string of the molecule is CC/C=C\C/C=C\C/C=C\C/C=C\C/C=C\C/C=C\C/C=C\C/C=C\C/C=C\CCCCCCCCCCCC(=O)OC(COC(=O)CCCCCCCCCC/C=C\C/C=C\C/C=C\CCCCCCC)COC(OCC[N+](C)(C)C)C(=O)O. The second-order valence-electron chi connectivity index (χ2n) is 23.4. The van der Waals surface area contributed by atoms with Crippen molar-refractivity contribution in [3.8, 4) is 0 Å². The molecule has 0 rings (SSSR count). The third kappa shape index (κ3) is 66.5. The number of nitrogens with zero attached hydrogens (tertiary/aromatic N) is 1. The molecule has 0 spiro atoms. The third-order valence-corrected chi connectivity index (χ3v) is 14.1. The number of ether oxygens (including phenoxy) is 4. The lowest BCUT2D eigenvalue weighted by atomic mass is 10.1. The van der Waals surface area contributed by atoms with Crippen LogP contribution < -0.4 is 0 Å². The number of rotatable bonds is 61. The molecule has 0 saturated carbocycles. The van der Waals surface area contributed by atoms with Gasteiger partial charge in [-0.3, -0.25) is 9.59 Å². The molecule has 0 aliphatic carbocycles. The second-order valence-corrected chi connectivity index (χ2v) is 23.4. The largest absolute Gasteiger partial charge is 0.477 e. The highest BCUT2D eigenvalue weighted by atomic mass is 16.7. The first kappa shape index (κ1) is 80.2. The number of carbonyl (C=O) groups is 3. The van der Waals surface area contributed by atoms with E-state index in [9.17, 15) is 19.5 Å². The van der Waals surface area contributed by atoms with Crippen molar-refractivity contribution in [3.63, 3.8) is 0 Å². The maximum Gasteiger partial charge on any atom is 0.361 e. The van der Waals surface area contributed by atoms with Crippen LogP contribution in [0, 0.1) is 0 Å². The van der Waals surface area contributed by atoms with E-state index in [0.29, 0.717) is 17.4 Å². The lowest BCUT2D eigenvalue weighted by Gasteiger charge is -2.25. The minimum atomic E-state index is -1.52. The molecule has 2 unspecified atom stereocenters. The number of hydrogen-bond donors (Lipinski definition) is 1. The molecule has 0 bridgehead atoms. The Morgan fingerprint density at radius 2 is 0.671 bits per heavy atom. The van der Waals surface area contributed by atoms with Crippen molar-refractivity contribution in [1.82, 2.24) is 0 Å². The molecule has 0 aromatic heterocycles. The standard InChI is InChI=1S/C76H125NO8/c1-6-8-10-12-14-16-18-20-22-24-26-28-30-31-32-33-34-35-36-37-38-39-40-41-42-43-45-47-49-51-53-55-57-59-61-63-65-67-74(79)85-72(71-84-76(75(80)81)82-69-68-77(3,4)5)70-83-73(78)66-64-62-60-58-56-54-52-50-48-46-44-29-27-25-23-21-19-17-15-13-11-9-7-2/h8,10,14,16,19-22,25-28,31-32,34-35,37-38,40-41,43-46,72,76H,6-7,9,11-13,15,17-18,23-24,29-30,33,36,39,42,47-71H2,1-5H3/p+1/b10-8-,16-14-,21-19-,22-20-,27-25-,28-26-,32-31-,35-34-,38-37-,41-40-,45-43-,46-44-. The van der Waals surface area contributed by atoms with Gasteiger partial charge in [-0.15, -0.1) is 0 Å². The van der Waals surface area contributed by atoms with Gasteiger partial charge in [-0.05, 0) is 122 Å². The molecule has 9 nitrogen and oxygen atoms in total. The van der Waals surface area contributed by atoms with Gasteiger partial charge in [0.2, 0.25) is 0 Å². The Morgan fingerprint density at radius 1 is 0.365 bits per heavy atom. The predicted octanol–water partition coefficient (Wildman–Crippen LogP) is 21.1. The van der Waals surface area contributed by atoms with Gasteiger partial charge in [0.1, 0.15) is 13.2 Å². The van der Waals surface area contributed by atoms with Crippen molar-refractivity contribution in [2.45, 2.75) is 270 Å². The molecule has 0 fully saturated rings. The van der Waals surface area contributed by atoms with Crippen LogP contribution in [0.5, 0.6) is 0 Å². The van der Waals surface area contributed by atoms with Gasteiger partial charge in [0.25, 0.3) is 6.29 Å². The topological polar surface area (TPSA) is 108 Å². The third-order valence-electron chi connectivity index (χ3n) is 14.1. The van der Waals surface area contributed by atoms with E-state index in [1.165, 1.54) is 96.3 Å². The Labute approximate surface area is 522 Å². The Balaban J connectivity index is 4.21. The Morgan fingerprint density at radius 3 is 1.00 bits per heavy atom. The van der Waals surface area contributed by atoms with Gasteiger partial charge in [0, 0.05) is 12.8 Å². The maximum atomic E-state index is 12.9. The first-order chi connectivity index (χ1) is 41.6. The Hall–Kier alpha value is -4.83. The lowest BCUT2D eigenvalue weighted by Crippen LogP contribution is -2.40. The number of likely N-dealkylation sites (N-methyl/N-ethyl adjacent to an activating group) is 1. The number of carbonyl (C=O) groups excluding carboxylic acids is 2. The first-order valence-corrected chi connectivity index (χ1v) is 34.0. The Kier molecular flexibility index (Phi) is 61.4. The molecule has 0 amide bonds. The number of hydrogen-bond acceptors (Lipinski definition) is 7. The smallest absolute Gasteiger partial charge is 0.361 e. The van der Waals surface area contributed by atoms with E-state index < -0.39 is 24.3 Å². The van der Waals surface area contributed by atoms with Gasteiger partial charge in [0.05, 0.1) is 34.4 Å². The van der Waals surface area contributed by atoms with Gasteiger partial charge >= 0.3 is 17.9 Å². The summed E-state index contributed by atoms with van der Waals surface area (Å²) in [4.78, 5) is 37.6. The summed E-state index contributed by atoms with van der Waals surface area (Å²) in [6, 6.07) is 0. The quantitative estimate of drug-likeness (QED) is 0.0211. The predicted molar refractivity (Wildman–Crippen MR) is 364 cm³/mol. The highest BCUT2D eigenvalue weighted by Crippen LogP contribution is 2.15. The minimum Gasteiger partial charge on any atom is -0.477 e. The highest BCUT2D eigenvalue weighted by Gasteiger charge is 2.25. The number of aliphatic carboxylic acids is 1. The summed E-state index contributed by atoms with van der Waals surface area (Å²) in [6.45, 7) is 4.73. The van der Waals surface area contributed by atoms with E-state index >= 15 is 0 Å². The van der Waals surface area contributed by atoms with Crippen LogP contribution in [0.25, 0.3) is 0 Å². The molecule has 2 atom stereocenters. The average molecular weight is 1180 g/mol. The van der Waals surface area contributed by atoms with Gasteiger partial charge in [0.15, 0.2) is 6.10 Å². The molecule has 0 aromatic carbocycles.